The highest BCUT2D eigenvalue weighted by molar-refractivity contribution is 5.82. The fourth-order valence-electron chi connectivity index (χ4n) is 2.57. The monoisotopic (exact) mass is 280 g/mol. The summed E-state index contributed by atoms with van der Waals surface area (Å²) in [5.74, 6) is -0.612. The van der Waals surface area contributed by atoms with Crippen LogP contribution < -0.4 is 5.73 Å². The molecule has 1 saturated heterocycles. The second kappa shape index (κ2) is 6.11. The van der Waals surface area contributed by atoms with Crippen molar-refractivity contribution in [3.8, 4) is 11.5 Å². The standard InChI is InChI=1S/C14H20N2O4/c15-11(6-9-3-4-12(18)13(19)7-9)14(20)16-5-1-2-10(16)8-17/h3-4,7,10-11,17-19H,1-2,5-6,8,15H2/t10-,11-/m0/s1. The topological polar surface area (TPSA) is 107 Å². The van der Waals surface area contributed by atoms with E-state index in [1.54, 1.807) is 11.0 Å². The van der Waals surface area contributed by atoms with E-state index < -0.39 is 6.04 Å². The molecular formula is C14H20N2O4. The maximum atomic E-state index is 12.2. The van der Waals surface area contributed by atoms with Crippen LogP contribution >= 0.6 is 0 Å². The van der Waals surface area contributed by atoms with Crippen LogP contribution in [0.25, 0.3) is 0 Å². The first kappa shape index (κ1) is 14.6. The molecule has 6 heteroatoms. The highest BCUT2D eigenvalue weighted by atomic mass is 16.3. The van der Waals surface area contributed by atoms with E-state index in [0.717, 1.165) is 12.8 Å². The molecule has 0 bridgehead atoms. The van der Waals surface area contributed by atoms with E-state index >= 15 is 0 Å². The molecule has 1 aromatic carbocycles. The normalized spacial score (nSPS) is 20.1. The molecule has 5 N–H and O–H groups in total. The first-order valence-corrected chi connectivity index (χ1v) is 6.70. The SMILES string of the molecule is N[C@@H](Cc1ccc(O)c(O)c1)C(=O)N1CCC[C@H]1CO. The van der Waals surface area contributed by atoms with Crippen LogP contribution in [-0.4, -0.2) is 51.4 Å². The van der Waals surface area contributed by atoms with Crippen LogP contribution in [0.1, 0.15) is 18.4 Å². The summed E-state index contributed by atoms with van der Waals surface area (Å²) in [6, 6.07) is 3.53. The zero-order chi connectivity index (χ0) is 14.7. The number of hydrogen-bond donors (Lipinski definition) is 4. The molecule has 0 aromatic heterocycles. The van der Waals surface area contributed by atoms with Gasteiger partial charge in [0.05, 0.1) is 18.7 Å². The number of rotatable bonds is 4. The fourth-order valence-corrected chi connectivity index (χ4v) is 2.57. The minimum atomic E-state index is -0.717. The van der Waals surface area contributed by atoms with E-state index in [4.69, 9.17) is 5.73 Å². The maximum Gasteiger partial charge on any atom is 0.240 e. The van der Waals surface area contributed by atoms with Crippen molar-refractivity contribution in [2.75, 3.05) is 13.2 Å². The Morgan fingerprint density at radius 1 is 1.40 bits per heavy atom. The van der Waals surface area contributed by atoms with Gasteiger partial charge in [-0.2, -0.15) is 0 Å². The quantitative estimate of drug-likeness (QED) is 0.579. The molecule has 1 aromatic rings. The van der Waals surface area contributed by atoms with Gasteiger partial charge in [-0.3, -0.25) is 4.79 Å². The average molecular weight is 280 g/mol. The molecule has 6 nitrogen and oxygen atoms in total. The van der Waals surface area contributed by atoms with Gasteiger partial charge >= 0.3 is 0 Å². The van der Waals surface area contributed by atoms with E-state index in [2.05, 4.69) is 0 Å². The Balaban J connectivity index is 2.02. The lowest BCUT2D eigenvalue weighted by Gasteiger charge is -2.26. The number of aliphatic hydroxyl groups is 1. The Kier molecular flexibility index (Phi) is 4.46. The van der Waals surface area contributed by atoms with Gasteiger partial charge in [-0.15, -0.1) is 0 Å². The van der Waals surface area contributed by atoms with Gasteiger partial charge in [0.15, 0.2) is 11.5 Å². The summed E-state index contributed by atoms with van der Waals surface area (Å²) in [6.07, 6.45) is 1.96. The predicted molar refractivity (Wildman–Crippen MR) is 73.3 cm³/mol. The summed E-state index contributed by atoms with van der Waals surface area (Å²) in [5.41, 5.74) is 6.60. The average Bonchev–Trinajstić information content (AvgIpc) is 2.90. The van der Waals surface area contributed by atoms with Crippen LogP contribution in [0.2, 0.25) is 0 Å². The number of aliphatic hydroxyl groups excluding tert-OH is 1. The molecule has 0 unspecified atom stereocenters. The van der Waals surface area contributed by atoms with E-state index in [1.165, 1.54) is 12.1 Å². The van der Waals surface area contributed by atoms with Crippen molar-refractivity contribution in [1.29, 1.82) is 0 Å². The highest BCUT2D eigenvalue weighted by Gasteiger charge is 2.31. The van der Waals surface area contributed by atoms with Crippen molar-refractivity contribution in [2.45, 2.75) is 31.3 Å². The largest absolute Gasteiger partial charge is 0.504 e. The summed E-state index contributed by atoms with van der Waals surface area (Å²) in [7, 11) is 0. The number of carbonyl (C=O) groups excluding carboxylic acids is 1. The zero-order valence-corrected chi connectivity index (χ0v) is 11.2. The molecule has 1 aliphatic heterocycles. The molecule has 0 saturated carbocycles. The van der Waals surface area contributed by atoms with Crippen LogP contribution in [0, 0.1) is 0 Å². The van der Waals surface area contributed by atoms with Crippen molar-refractivity contribution < 1.29 is 20.1 Å². The molecule has 20 heavy (non-hydrogen) atoms. The number of phenolic OH excluding ortho intramolecular Hbond substituents is 2. The molecule has 1 fully saturated rings. The smallest absolute Gasteiger partial charge is 0.240 e. The molecule has 1 heterocycles. The number of aromatic hydroxyl groups is 2. The van der Waals surface area contributed by atoms with Gasteiger partial charge in [0, 0.05) is 6.54 Å². The number of amides is 1. The third kappa shape index (κ3) is 3.02. The molecule has 1 aliphatic rings. The lowest BCUT2D eigenvalue weighted by molar-refractivity contribution is -0.134. The van der Waals surface area contributed by atoms with Crippen molar-refractivity contribution in [3.05, 3.63) is 23.8 Å². The number of nitrogens with zero attached hydrogens (tertiary/aromatic N) is 1. The summed E-state index contributed by atoms with van der Waals surface area (Å²) in [4.78, 5) is 13.9. The van der Waals surface area contributed by atoms with Gasteiger partial charge in [0.25, 0.3) is 0 Å². The molecule has 110 valence electrons. The Labute approximate surface area is 117 Å². The summed E-state index contributed by atoms with van der Waals surface area (Å²) in [5, 5.41) is 27.9. The highest BCUT2D eigenvalue weighted by Crippen LogP contribution is 2.25. The fraction of sp³-hybridized carbons (Fsp3) is 0.500. The van der Waals surface area contributed by atoms with Crippen molar-refractivity contribution in [3.63, 3.8) is 0 Å². The zero-order valence-electron chi connectivity index (χ0n) is 11.2. The van der Waals surface area contributed by atoms with Gasteiger partial charge in [0.1, 0.15) is 0 Å². The first-order valence-electron chi connectivity index (χ1n) is 6.70. The van der Waals surface area contributed by atoms with Crippen LogP contribution in [0.3, 0.4) is 0 Å². The van der Waals surface area contributed by atoms with Gasteiger partial charge < -0.3 is 26.0 Å². The Morgan fingerprint density at radius 2 is 2.15 bits per heavy atom. The summed E-state index contributed by atoms with van der Waals surface area (Å²) >= 11 is 0. The second-order valence-electron chi connectivity index (χ2n) is 5.14. The molecule has 2 rings (SSSR count). The minimum Gasteiger partial charge on any atom is -0.504 e. The number of carbonyl (C=O) groups is 1. The first-order chi connectivity index (χ1) is 9.52. The Morgan fingerprint density at radius 3 is 2.80 bits per heavy atom. The Hall–Kier alpha value is -1.79. The van der Waals surface area contributed by atoms with Crippen LogP contribution in [0.5, 0.6) is 11.5 Å². The van der Waals surface area contributed by atoms with E-state index in [0.29, 0.717) is 12.1 Å². The van der Waals surface area contributed by atoms with Crippen molar-refractivity contribution in [2.24, 2.45) is 5.73 Å². The lowest BCUT2D eigenvalue weighted by Crippen LogP contribution is -2.47. The number of nitrogens with two attached hydrogens (primary N) is 1. The predicted octanol–water partition coefficient (Wildman–Crippen LogP) is -0.0491. The molecule has 1 amide bonds. The third-order valence-electron chi connectivity index (χ3n) is 3.68. The molecule has 0 aliphatic carbocycles. The van der Waals surface area contributed by atoms with E-state index in [-0.39, 0.29) is 36.5 Å². The molecule has 0 spiro atoms. The van der Waals surface area contributed by atoms with Gasteiger partial charge in [-0.05, 0) is 37.0 Å². The van der Waals surface area contributed by atoms with Crippen LogP contribution in [0.15, 0.2) is 18.2 Å². The number of phenols is 2. The minimum absolute atomic E-state index is 0.0432. The van der Waals surface area contributed by atoms with Gasteiger partial charge in [0.2, 0.25) is 5.91 Å². The van der Waals surface area contributed by atoms with Gasteiger partial charge in [-0.25, -0.2) is 0 Å². The number of hydrogen-bond acceptors (Lipinski definition) is 5. The van der Waals surface area contributed by atoms with Crippen molar-refractivity contribution in [1.82, 2.24) is 4.90 Å². The summed E-state index contributed by atoms with van der Waals surface area (Å²) in [6.45, 7) is 0.580. The van der Waals surface area contributed by atoms with Crippen LogP contribution in [-0.2, 0) is 11.2 Å². The van der Waals surface area contributed by atoms with Crippen LogP contribution in [0.4, 0.5) is 0 Å². The molecular weight excluding hydrogens is 260 g/mol. The number of likely N-dealkylation sites (tertiary alicyclic amines) is 1. The van der Waals surface area contributed by atoms with E-state index in [9.17, 15) is 20.1 Å². The van der Waals surface area contributed by atoms with Crippen molar-refractivity contribution >= 4 is 5.91 Å². The molecule has 0 radical (unpaired) electrons. The lowest BCUT2D eigenvalue weighted by atomic mass is 10.0. The van der Waals surface area contributed by atoms with E-state index in [1.807, 2.05) is 0 Å². The second-order valence-corrected chi connectivity index (χ2v) is 5.14. The maximum absolute atomic E-state index is 12.2. The third-order valence-corrected chi connectivity index (χ3v) is 3.68. The number of benzene rings is 1. The summed E-state index contributed by atoms with van der Waals surface area (Å²) < 4.78 is 0. The van der Waals surface area contributed by atoms with Gasteiger partial charge in [-0.1, -0.05) is 6.07 Å². The Bertz CT molecular complexity index is 492. The molecule has 2 atom stereocenters.